The number of nitrogens with one attached hydrogen (secondary N) is 1. The van der Waals surface area contributed by atoms with Crippen molar-refractivity contribution in [3.63, 3.8) is 0 Å². The van der Waals surface area contributed by atoms with Crippen molar-refractivity contribution in [2.45, 2.75) is 26.8 Å². The summed E-state index contributed by atoms with van der Waals surface area (Å²) in [7, 11) is 0. The van der Waals surface area contributed by atoms with Gasteiger partial charge in [-0.2, -0.15) is 0 Å². The van der Waals surface area contributed by atoms with Crippen molar-refractivity contribution in [2.24, 2.45) is 0 Å². The summed E-state index contributed by atoms with van der Waals surface area (Å²) >= 11 is 4.70. The zero-order valence-corrected chi connectivity index (χ0v) is 14.2. The molecule has 0 aliphatic carbocycles. The highest BCUT2D eigenvalue weighted by Gasteiger charge is 2.18. The van der Waals surface area contributed by atoms with Crippen LogP contribution in [0.25, 0.3) is 0 Å². The molecule has 0 radical (unpaired) electrons. The second kappa shape index (κ2) is 6.15. The first-order valence-corrected chi connectivity index (χ1v) is 7.97. The van der Waals surface area contributed by atoms with E-state index < -0.39 is 11.8 Å². The Kier molecular flexibility index (Phi) is 4.68. The van der Waals surface area contributed by atoms with Crippen LogP contribution in [0.4, 0.5) is 10.1 Å². The number of hydrogen-bond donors (Lipinski definition) is 2. The Balaban J connectivity index is 2.30. The van der Waals surface area contributed by atoms with Crippen molar-refractivity contribution in [2.75, 3.05) is 5.32 Å². The minimum absolute atomic E-state index is 0.0366. The molecule has 1 heterocycles. The summed E-state index contributed by atoms with van der Waals surface area (Å²) in [5.74, 6) is -1.75. The molecule has 0 fully saturated rings. The molecule has 1 aromatic heterocycles. The van der Waals surface area contributed by atoms with Gasteiger partial charge in [-0.25, -0.2) is 9.18 Å². The molecule has 6 heteroatoms. The highest BCUT2D eigenvalue weighted by Crippen LogP contribution is 2.32. The zero-order chi connectivity index (χ0) is 15.7. The first-order chi connectivity index (χ1) is 9.81. The van der Waals surface area contributed by atoms with Crippen LogP contribution < -0.4 is 5.32 Å². The fourth-order valence-corrected chi connectivity index (χ4v) is 3.76. The van der Waals surface area contributed by atoms with Gasteiger partial charge >= 0.3 is 5.97 Å². The molecule has 2 aromatic rings. The number of rotatable bonds is 4. The van der Waals surface area contributed by atoms with E-state index >= 15 is 0 Å². The van der Waals surface area contributed by atoms with Crippen LogP contribution in [0.2, 0.25) is 0 Å². The molecule has 2 rings (SSSR count). The fraction of sp³-hybridized carbons (Fsp3) is 0.267. The van der Waals surface area contributed by atoms with Gasteiger partial charge in [-0.05, 0) is 60.5 Å². The minimum atomic E-state index is -1.16. The lowest BCUT2D eigenvalue weighted by Gasteiger charge is -2.17. The summed E-state index contributed by atoms with van der Waals surface area (Å²) in [6, 6.07) is 4.85. The Morgan fingerprint density at radius 3 is 2.62 bits per heavy atom. The van der Waals surface area contributed by atoms with Gasteiger partial charge in [0.15, 0.2) is 5.82 Å². The van der Waals surface area contributed by atoms with Crippen molar-refractivity contribution in [3.05, 3.63) is 49.4 Å². The van der Waals surface area contributed by atoms with Crippen LogP contribution in [0.15, 0.2) is 22.7 Å². The van der Waals surface area contributed by atoms with E-state index in [-0.39, 0.29) is 21.8 Å². The summed E-state index contributed by atoms with van der Waals surface area (Å²) in [6.07, 6.45) is 0. The Bertz CT molecular complexity index is 699. The van der Waals surface area contributed by atoms with Crippen molar-refractivity contribution >= 4 is 38.9 Å². The highest BCUT2D eigenvalue weighted by atomic mass is 79.9. The van der Waals surface area contributed by atoms with Crippen LogP contribution in [0, 0.1) is 19.7 Å². The number of hydrogen-bond acceptors (Lipinski definition) is 3. The molecule has 0 saturated heterocycles. The van der Waals surface area contributed by atoms with Crippen molar-refractivity contribution < 1.29 is 14.3 Å². The molecule has 0 amide bonds. The molecule has 21 heavy (non-hydrogen) atoms. The minimum Gasteiger partial charge on any atom is -0.478 e. The Labute approximate surface area is 134 Å². The van der Waals surface area contributed by atoms with Gasteiger partial charge in [0.05, 0.1) is 15.7 Å². The predicted octanol–water partition coefficient (Wildman–Crippen LogP) is 5.14. The van der Waals surface area contributed by atoms with Crippen LogP contribution >= 0.6 is 27.3 Å². The molecule has 3 nitrogen and oxygen atoms in total. The number of thiophene rings is 1. The van der Waals surface area contributed by atoms with E-state index in [9.17, 15) is 9.18 Å². The van der Waals surface area contributed by atoms with Gasteiger partial charge in [0.2, 0.25) is 0 Å². The topological polar surface area (TPSA) is 49.3 Å². The van der Waals surface area contributed by atoms with Crippen LogP contribution in [0.3, 0.4) is 0 Å². The van der Waals surface area contributed by atoms with E-state index in [1.165, 1.54) is 21.9 Å². The van der Waals surface area contributed by atoms with E-state index in [0.717, 1.165) is 5.56 Å². The van der Waals surface area contributed by atoms with Crippen LogP contribution in [-0.2, 0) is 0 Å². The maximum absolute atomic E-state index is 14.2. The molecule has 0 spiro atoms. The highest BCUT2D eigenvalue weighted by molar-refractivity contribution is 9.10. The summed E-state index contributed by atoms with van der Waals surface area (Å²) < 4.78 is 14.2. The second-order valence-electron chi connectivity index (χ2n) is 4.83. The number of anilines is 1. The lowest BCUT2D eigenvalue weighted by Crippen LogP contribution is -2.09. The quantitative estimate of drug-likeness (QED) is 0.782. The molecule has 2 N–H and O–H groups in total. The summed E-state index contributed by atoms with van der Waals surface area (Å²) in [5, 5.41) is 12.1. The smallest absolute Gasteiger partial charge is 0.336 e. The summed E-state index contributed by atoms with van der Waals surface area (Å²) in [5.41, 5.74) is 1.31. The van der Waals surface area contributed by atoms with E-state index in [1.807, 2.05) is 20.8 Å². The van der Waals surface area contributed by atoms with E-state index in [4.69, 9.17) is 5.11 Å². The summed E-state index contributed by atoms with van der Waals surface area (Å²) in [4.78, 5) is 13.4. The third-order valence-corrected chi connectivity index (χ3v) is 4.99. The average Bonchev–Trinajstić information content (AvgIpc) is 2.74. The number of aryl methyl sites for hydroxylation is 2. The van der Waals surface area contributed by atoms with Gasteiger partial charge in [0.25, 0.3) is 0 Å². The van der Waals surface area contributed by atoms with Gasteiger partial charge < -0.3 is 10.4 Å². The van der Waals surface area contributed by atoms with Crippen molar-refractivity contribution in [3.8, 4) is 0 Å². The third-order valence-electron chi connectivity index (χ3n) is 3.23. The molecule has 1 aromatic carbocycles. The molecule has 0 saturated carbocycles. The van der Waals surface area contributed by atoms with Gasteiger partial charge in [-0.3, -0.25) is 0 Å². The van der Waals surface area contributed by atoms with E-state index in [1.54, 1.807) is 11.3 Å². The SMILES string of the molecule is Cc1cc(C(C)Nc2ccc(C(=O)O)c(Br)c2F)c(C)s1. The number of benzene rings is 1. The molecule has 1 unspecified atom stereocenters. The molecule has 112 valence electrons. The van der Waals surface area contributed by atoms with Crippen molar-refractivity contribution in [1.82, 2.24) is 0 Å². The number of carboxylic acids is 1. The monoisotopic (exact) mass is 371 g/mol. The first kappa shape index (κ1) is 16.0. The number of carboxylic acid groups (broad SMARTS) is 1. The second-order valence-corrected chi connectivity index (χ2v) is 7.08. The average molecular weight is 372 g/mol. The van der Waals surface area contributed by atoms with Crippen LogP contribution in [-0.4, -0.2) is 11.1 Å². The zero-order valence-electron chi connectivity index (χ0n) is 11.8. The molecule has 0 aliphatic rings. The largest absolute Gasteiger partial charge is 0.478 e. The fourth-order valence-electron chi connectivity index (χ4n) is 2.22. The van der Waals surface area contributed by atoms with E-state index in [0.29, 0.717) is 0 Å². The maximum atomic E-state index is 14.2. The number of carbonyl (C=O) groups is 1. The van der Waals surface area contributed by atoms with Gasteiger partial charge in [0.1, 0.15) is 0 Å². The first-order valence-electron chi connectivity index (χ1n) is 6.36. The number of aromatic carboxylic acids is 1. The Morgan fingerprint density at radius 2 is 2.10 bits per heavy atom. The number of halogens is 2. The lowest BCUT2D eigenvalue weighted by molar-refractivity contribution is 0.0695. The molecule has 0 bridgehead atoms. The van der Waals surface area contributed by atoms with Gasteiger partial charge in [-0.15, -0.1) is 11.3 Å². The van der Waals surface area contributed by atoms with Crippen LogP contribution in [0.1, 0.15) is 38.6 Å². The molecule has 1 atom stereocenters. The van der Waals surface area contributed by atoms with Gasteiger partial charge in [0, 0.05) is 15.8 Å². The molecular weight excluding hydrogens is 357 g/mol. The van der Waals surface area contributed by atoms with Crippen LogP contribution in [0.5, 0.6) is 0 Å². The van der Waals surface area contributed by atoms with E-state index in [2.05, 4.69) is 27.3 Å². The van der Waals surface area contributed by atoms with Crippen molar-refractivity contribution in [1.29, 1.82) is 0 Å². The predicted molar refractivity (Wildman–Crippen MR) is 86.9 cm³/mol. The standard InChI is InChI=1S/C15H15BrFNO2S/c1-7-6-11(9(3)21-7)8(2)18-12-5-4-10(15(19)20)13(16)14(12)17/h4-6,8,18H,1-3H3,(H,19,20). The molecular formula is C15H15BrFNO2S. The lowest BCUT2D eigenvalue weighted by atomic mass is 10.1. The molecule has 0 aliphatic heterocycles. The third kappa shape index (κ3) is 3.27. The maximum Gasteiger partial charge on any atom is 0.336 e. The summed E-state index contributed by atoms with van der Waals surface area (Å²) in [6.45, 7) is 6.02. The Hall–Kier alpha value is -1.40. The Morgan fingerprint density at radius 1 is 1.43 bits per heavy atom. The van der Waals surface area contributed by atoms with Gasteiger partial charge in [-0.1, -0.05) is 0 Å². The normalized spacial score (nSPS) is 12.2.